The number of hydrogen-bond donors (Lipinski definition) is 0. The Hall–Kier alpha value is -0.300. The van der Waals surface area contributed by atoms with Crippen molar-refractivity contribution in [3.8, 4) is 0 Å². The standard InChI is InChI=1S/C16H23Br/c1-11(2)13-7-9-14(10-8-13)16(17)15-6-4-5-12(15)3/h7-12,15-16H,4-6H2,1-3H3. The lowest BCUT2D eigenvalue weighted by Crippen LogP contribution is -2.10. The van der Waals surface area contributed by atoms with Gasteiger partial charge in [0.15, 0.2) is 0 Å². The summed E-state index contributed by atoms with van der Waals surface area (Å²) in [6.45, 7) is 6.90. The first-order chi connectivity index (χ1) is 8.09. The molecule has 0 heterocycles. The highest BCUT2D eigenvalue weighted by atomic mass is 79.9. The zero-order chi connectivity index (χ0) is 12.4. The fourth-order valence-corrected chi connectivity index (χ4v) is 4.01. The van der Waals surface area contributed by atoms with Gasteiger partial charge < -0.3 is 0 Å². The molecule has 1 aliphatic rings. The van der Waals surface area contributed by atoms with Gasteiger partial charge in [0, 0.05) is 4.83 Å². The molecule has 1 aromatic rings. The van der Waals surface area contributed by atoms with Crippen molar-refractivity contribution in [2.24, 2.45) is 11.8 Å². The third-order valence-electron chi connectivity index (χ3n) is 4.23. The summed E-state index contributed by atoms with van der Waals surface area (Å²) < 4.78 is 0. The van der Waals surface area contributed by atoms with Gasteiger partial charge >= 0.3 is 0 Å². The molecular weight excluding hydrogens is 272 g/mol. The van der Waals surface area contributed by atoms with Crippen LogP contribution >= 0.6 is 15.9 Å². The van der Waals surface area contributed by atoms with E-state index in [1.807, 2.05) is 0 Å². The highest BCUT2D eigenvalue weighted by Crippen LogP contribution is 2.44. The van der Waals surface area contributed by atoms with Crippen LogP contribution in [0.4, 0.5) is 0 Å². The smallest absolute Gasteiger partial charge is 0.0426 e. The third-order valence-corrected chi connectivity index (χ3v) is 5.43. The topological polar surface area (TPSA) is 0 Å². The normalized spacial score (nSPS) is 26.4. The van der Waals surface area contributed by atoms with Gasteiger partial charge in [-0.25, -0.2) is 0 Å². The Morgan fingerprint density at radius 3 is 2.12 bits per heavy atom. The van der Waals surface area contributed by atoms with Crippen LogP contribution < -0.4 is 0 Å². The van der Waals surface area contributed by atoms with E-state index in [2.05, 4.69) is 61.0 Å². The van der Waals surface area contributed by atoms with Crippen LogP contribution in [0.15, 0.2) is 24.3 Å². The highest BCUT2D eigenvalue weighted by Gasteiger charge is 2.30. The molecule has 0 saturated heterocycles. The van der Waals surface area contributed by atoms with E-state index in [4.69, 9.17) is 0 Å². The number of rotatable bonds is 3. The Labute approximate surface area is 114 Å². The van der Waals surface area contributed by atoms with E-state index in [1.54, 1.807) is 0 Å². The molecule has 1 aromatic carbocycles. The van der Waals surface area contributed by atoms with Gasteiger partial charge in [-0.3, -0.25) is 0 Å². The van der Waals surface area contributed by atoms with Crippen LogP contribution in [0.3, 0.4) is 0 Å². The van der Waals surface area contributed by atoms with E-state index in [0.29, 0.717) is 10.7 Å². The van der Waals surface area contributed by atoms with Crippen molar-refractivity contribution in [1.29, 1.82) is 0 Å². The Kier molecular flexibility index (Phi) is 4.30. The maximum atomic E-state index is 3.91. The predicted molar refractivity (Wildman–Crippen MR) is 78.7 cm³/mol. The molecule has 3 atom stereocenters. The van der Waals surface area contributed by atoms with Crippen LogP contribution in [0.1, 0.15) is 61.9 Å². The minimum absolute atomic E-state index is 0.543. The van der Waals surface area contributed by atoms with Crippen LogP contribution in [-0.2, 0) is 0 Å². The number of halogens is 1. The Morgan fingerprint density at radius 1 is 1.06 bits per heavy atom. The third kappa shape index (κ3) is 2.93. The monoisotopic (exact) mass is 294 g/mol. The molecule has 0 aromatic heterocycles. The Bertz CT molecular complexity index is 352. The van der Waals surface area contributed by atoms with E-state index < -0.39 is 0 Å². The summed E-state index contributed by atoms with van der Waals surface area (Å²) in [6.07, 6.45) is 4.18. The molecule has 0 bridgehead atoms. The largest absolute Gasteiger partial charge is 0.0836 e. The number of hydrogen-bond acceptors (Lipinski definition) is 0. The molecular formula is C16H23Br. The van der Waals surface area contributed by atoms with Crippen molar-refractivity contribution in [3.05, 3.63) is 35.4 Å². The molecule has 1 saturated carbocycles. The minimum Gasteiger partial charge on any atom is -0.0836 e. The van der Waals surface area contributed by atoms with Crippen LogP contribution in [0.5, 0.6) is 0 Å². The van der Waals surface area contributed by atoms with Crippen molar-refractivity contribution in [2.75, 3.05) is 0 Å². The fraction of sp³-hybridized carbons (Fsp3) is 0.625. The van der Waals surface area contributed by atoms with E-state index in [0.717, 1.165) is 11.8 Å². The maximum absolute atomic E-state index is 3.91. The Balaban J connectivity index is 2.11. The second-order valence-electron chi connectivity index (χ2n) is 5.80. The molecule has 17 heavy (non-hydrogen) atoms. The Morgan fingerprint density at radius 2 is 1.65 bits per heavy atom. The molecule has 0 aliphatic heterocycles. The van der Waals surface area contributed by atoms with Crippen LogP contribution in [0.25, 0.3) is 0 Å². The molecule has 3 unspecified atom stereocenters. The van der Waals surface area contributed by atoms with Crippen molar-refractivity contribution < 1.29 is 0 Å². The number of benzene rings is 1. The molecule has 1 heteroatoms. The van der Waals surface area contributed by atoms with E-state index in [9.17, 15) is 0 Å². The lowest BCUT2D eigenvalue weighted by atomic mass is 9.90. The SMILES string of the molecule is CC(C)c1ccc(C(Br)C2CCCC2C)cc1. The fourth-order valence-electron chi connectivity index (χ4n) is 2.92. The van der Waals surface area contributed by atoms with Gasteiger partial charge in [0.1, 0.15) is 0 Å². The minimum atomic E-state index is 0.543. The first-order valence-corrected chi connectivity index (χ1v) is 7.75. The van der Waals surface area contributed by atoms with Gasteiger partial charge in [-0.15, -0.1) is 0 Å². The van der Waals surface area contributed by atoms with E-state index >= 15 is 0 Å². The molecule has 1 fully saturated rings. The van der Waals surface area contributed by atoms with Crippen molar-refractivity contribution in [2.45, 2.75) is 50.8 Å². The van der Waals surface area contributed by atoms with Gasteiger partial charge in [-0.1, -0.05) is 73.8 Å². The molecule has 0 amide bonds. The predicted octanol–water partition coefficient (Wildman–Crippen LogP) is 5.68. The van der Waals surface area contributed by atoms with Crippen molar-refractivity contribution in [1.82, 2.24) is 0 Å². The molecule has 94 valence electrons. The first kappa shape index (κ1) is 13.1. The zero-order valence-corrected chi connectivity index (χ0v) is 12.7. The molecule has 0 spiro atoms. The molecule has 2 rings (SSSR count). The summed E-state index contributed by atoms with van der Waals surface area (Å²) in [5.74, 6) is 2.31. The average molecular weight is 295 g/mol. The second kappa shape index (κ2) is 5.56. The van der Waals surface area contributed by atoms with Gasteiger partial charge in [0.25, 0.3) is 0 Å². The van der Waals surface area contributed by atoms with Gasteiger partial charge in [0.2, 0.25) is 0 Å². The van der Waals surface area contributed by atoms with Gasteiger partial charge in [-0.05, 0) is 35.3 Å². The van der Waals surface area contributed by atoms with Gasteiger partial charge in [0.05, 0.1) is 0 Å². The summed E-state index contributed by atoms with van der Waals surface area (Å²) in [4.78, 5) is 0.543. The molecule has 0 radical (unpaired) electrons. The van der Waals surface area contributed by atoms with Gasteiger partial charge in [-0.2, -0.15) is 0 Å². The number of alkyl halides is 1. The average Bonchev–Trinajstić information content (AvgIpc) is 2.74. The van der Waals surface area contributed by atoms with Crippen LogP contribution in [0, 0.1) is 11.8 Å². The molecule has 1 aliphatic carbocycles. The summed E-state index contributed by atoms with van der Waals surface area (Å²) in [5, 5.41) is 0. The summed E-state index contributed by atoms with van der Waals surface area (Å²) in [6, 6.07) is 9.18. The van der Waals surface area contributed by atoms with E-state index in [-0.39, 0.29) is 0 Å². The summed E-state index contributed by atoms with van der Waals surface area (Å²) in [5.41, 5.74) is 2.89. The molecule has 0 nitrogen and oxygen atoms in total. The van der Waals surface area contributed by atoms with Crippen LogP contribution in [-0.4, -0.2) is 0 Å². The zero-order valence-electron chi connectivity index (χ0n) is 11.1. The summed E-state index contributed by atoms with van der Waals surface area (Å²) >= 11 is 3.91. The van der Waals surface area contributed by atoms with E-state index in [1.165, 1.54) is 30.4 Å². The first-order valence-electron chi connectivity index (χ1n) is 6.83. The lowest BCUT2D eigenvalue weighted by molar-refractivity contribution is 0.414. The summed E-state index contributed by atoms with van der Waals surface area (Å²) in [7, 11) is 0. The molecule has 0 N–H and O–H groups in total. The maximum Gasteiger partial charge on any atom is 0.0426 e. The lowest BCUT2D eigenvalue weighted by Gasteiger charge is -2.22. The quantitative estimate of drug-likeness (QED) is 0.629. The second-order valence-corrected chi connectivity index (χ2v) is 6.78. The van der Waals surface area contributed by atoms with Crippen LogP contribution in [0.2, 0.25) is 0 Å². The van der Waals surface area contributed by atoms with Crippen molar-refractivity contribution >= 4 is 15.9 Å². The highest BCUT2D eigenvalue weighted by molar-refractivity contribution is 9.09. The van der Waals surface area contributed by atoms with Crippen molar-refractivity contribution in [3.63, 3.8) is 0 Å².